The predicted molar refractivity (Wildman–Crippen MR) is 75.9 cm³/mol. The maximum absolute atomic E-state index is 12.5. The molecule has 4 heteroatoms. The van der Waals surface area contributed by atoms with Crippen molar-refractivity contribution in [3.05, 3.63) is 23.8 Å². The summed E-state index contributed by atoms with van der Waals surface area (Å²) in [6.07, 6.45) is 5.43. The van der Waals surface area contributed by atoms with Crippen LogP contribution < -0.4 is 0 Å². The second-order valence-corrected chi connectivity index (χ2v) is 6.50. The van der Waals surface area contributed by atoms with Crippen LogP contribution in [0.1, 0.15) is 33.6 Å². The van der Waals surface area contributed by atoms with E-state index in [1.165, 1.54) is 0 Å². The highest BCUT2D eigenvalue weighted by Crippen LogP contribution is 2.52. The Bertz CT molecular complexity index is 463. The summed E-state index contributed by atoms with van der Waals surface area (Å²) in [5.41, 5.74) is -1.53. The molecule has 0 aliphatic heterocycles. The first-order valence-electron chi connectivity index (χ1n) is 7.19. The van der Waals surface area contributed by atoms with Gasteiger partial charge in [0.2, 0.25) is 0 Å². The number of hydrogen-bond donors (Lipinski definition) is 3. The lowest BCUT2D eigenvalue weighted by atomic mass is 9.54. The predicted octanol–water partition coefficient (Wildman–Crippen LogP) is 1.21. The molecule has 0 aromatic heterocycles. The molecule has 0 unspecified atom stereocenters. The fourth-order valence-corrected chi connectivity index (χ4v) is 3.68. The van der Waals surface area contributed by atoms with E-state index in [2.05, 4.69) is 6.08 Å². The third-order valence-corrected chi connectivity index (χ3v) is 5.03. The highest BCUT2D eigenvalue weighted by Gasteiger charge is 2.57. The van der Waals surface area contributed by atoms with Gasteiger partial charge in [-0.05, 0) is 31.8 Å². The van der Waals surface area contributed by atoms with E-state index in [-0.39, 0.29) is 24.7 Å². The molecule has 0 saturated carbocycles. The molecular formula is C16H24O4. The summed E-state index contributed by atoms with van der Waals surface area (Å²) >= 11 is 0. The van der Waals surface area contributed by atoms with Crippen molar-refractivity contribution < 1.29 is 20.1 Å². The maximum atomic E-state index is 12.5. The minimum absolute atomic E-state index is 0.00740. The number of rotatable bonds is 3. The number of carbonyl (C=O) groups is 1. The van der Waals surface area contributed by atoms with Gasteiger partial charge >= 0.3 is 0 Å². The second-order valence-electron chi connectivity index (χ2n) is 6.50. The molecule has 0 aromatic carbocycles. The number of carbonyl (C=O) groups excluding carboxylic acids is 1. The molecule has 4 nitrogen and oxygen atoms in total. The molecule has 2 aliphatic rings. The van der Waals surface area contributed by atoms with Gasteiger partial charge in [-0.3, -0.25) is 4.79 Å². The lowest BCUT2D eigenvalue weighted by Crippen LogP contribution is -2.59. The molecule has 0 heterocycles. The first-order valence-corrected chi connectivity index (χ1v) is 7.19. The number of ketones is 1. The van der Waals surface area contributed by atoms with Crippen molar-refractivity contribution in [1.29, 1.82) is 0 Å². The molecule has 3 N–H and O–H groups in total. The van der Waals surface area contributed by atoms with Crippen molar-refractivity contribution in [2.75, 3.05) is 6.61 Å². The molecule has 112 valence electrons. The van der Waals surface area contributed by atoms with Crippen LogP contribution in [0.3, 0.4) is 0 Å². The molecule has 0 radical (unpaired) electrons. The largest absolute Gasteiger partial charge is 0.396 e. The third kappa shape index (κ3) is 2.16. The fourth-order valence-electron chi connectivity index (χ4n) is 3.68. The number of fused-ring (bicyclic) bond motifs is 1. The van der Waals surface area contributed by atoms with E-state index in [1.807, 2.05) is 13.0 Å². The quantitative estimate of drug-likeness (QED) is 0.726. The van der Waals surface area contributed by atoms with Crippen LogP contribution in [-0.4, -0.2) is 39.4 Å². The van der Waals surface area contributed by atoms with Gasteiger partial charge < -0.3 is 15.3 Å². The number of allylic oxidation sites excluding steroid dienone is 2. The van der Waals surface area contributed by atoms with Gasteiger partial charge in [-0.2, -0.15) is 0 Å². The van der Waals surface area contributed by atoms with Crippen molar-refractivity contribution in [3.8, 4) is 0 Å². The number of Topliss-reactive ketones (excluding diaryl/α,β-unsaturated/α-hetero) is 1. The molecule has 0 bridgehead atoms. The monoisotopic (exact) mass is 280 g/mol. The van der Waals surface area contributed by atoms with Gasteiger partial charge in [0.25, 0.3) is 0 Å². The molecule has 20 heavy (non-hydrogen) atoms. The zero-order valence-corrected chi connectivity index (χ0v) is 12.3. The van der Waals surface area contributed by atoms with Gasteiger partial charge in [0.05, 0.1) is 17.1 Å². The van der Waals surface area contributed by atoms with Gasteiger partial charge in [0, 0.05) is 18.9 Å². The highest BCUT2D eigenvalue weighted by molar-refractivity contribution is 5.87. The zero-order chi connectivity index (χ0) is 15.1. The van der Waals surface area contributed by atoms with Crippen LogP contribution in [0.25, 0.3) is 0 Å². The first kappa shape index (κ1) is 15.4. The molecule has 0 saturated heterocycles. The van der Waals surface area contributed by atoms with E-state index in [4.69, 9.17) is 5.11 Å². The zero-order valence-electron chi connectivity index (χ0n) is 12.3. The normalized spacial score (nSPS) is 43.9. The van der Waals surface area contributed by atoms with E-state index in [1.54, 1.807) is 19.9 Å². The molecule has 0 aromatic rings. The smallest absolute Gasteiger partial charge is 0.144 e. The van der Waals surface area contributed by atoms with Crippen LogP contribution in [0.15, 0.2) is 23.8 Å². The van der Waals surface area contributed by atoms with Crippen LogP contribution in [0, 0.1) is 17.3 Å². The molecule has 0 spiro atoms. The summed E-state index contributed by atoms with van der Waals surface area (Å²) in [5, 5.41) is 30.2. The third-order valence-electron chi connectivity index (χ3n) is 5.03. The van der Waals surface area contributed by atoms with Gasteiger partial charge in [0.1, 0.15) is 5.78 Å². The van der Waals surface area contributed by atoms with Crippen LogP contribution in [0.2, 0.25) is 0 Å². The number of hydrogen-bond acceptors (Lipinski definition) is 4. The molecule has 0 amide bonds. The van der Waals surface area contributed by atoms with E-state index in [0.717, 1.165) is 5.57 Å². The van der Waals surface area contributed by atoms with Crippen LogP contribution in [0.4, 0.5) is 0 Å². The summed E-state index contributed by atoms with van der Waals surface area (Å²) in [6.45, 7) is 5.08. The van der Waals surface area contributed by atoms with Gasteiger partial charge in [0.15, 0.2) is 0 Å². The Hall–Kier alpha value is -0.970. The fraction of sp³-hybridized carbons (Fsp3) is 0.688. The highest BCUT2D eigenvalue weighted by atomic mass is 16.3. The topological polar surface area (TPSA) is 77.8 Å². The van der Waals surface area contributed by atoms with Gasteiger partial charge in [-0.15, -0.1) is 0 Å². The lowest BCUT2D eigenvalue weighted by Gasteiger charge is -2.51. The Morgan fingerprint density at radius 2 is 2.10 bits per heavy atom. The Morgan fingerprint density at radius 3 is 2.70 bits per heavy atom. The molecule has 5 atom stereocenters. The van der Waals surface area contributed by atoms with Crippen LogP contribution in [0.5, 0.6) is 0 Å². The molecule has 2 rings (SSSR count). The van der Waals surface area contributed by atoms with E-state index >= 15 is 0 Å². The summed E-state index contributed by atoms with van der Waals surface area (Å²) < 4.78 is 0. The SMILES string of the molecule is C[C@@H]1C=C2C=C[C@@](C)(O)[C@](C)(C(=O)CCO)[C@H]2[C@@H](O)C1. The minimum atomic E-state index is -1.33. The Morgan fingerprint density at radius 1 is 1.45 bits per heavy atom. The van der Waals surface area contributed by atoms with Gasteiger partial charge in [-0.25, -0.2) is 0 Å². The van der Waals surface area contributed by atoms with Crippen molar-refractivity contribution >= 4 is 5.78 Å². The Labute approximate surface area is 119 Å². The summed E-state index contributed by atoms with van der Waals surface area (Å²) in [4.78, 5) is 12.5. The van der Waals surface area contributed by atoms with Crippen molar-refractivity contribution in [2.24, 2.45) is 17.3 Å². The van der Waals surface area contributed by atoms with Crippen molar-refractivity contribution in [1.82, 2.24) is 0 Å². The standard InChI is InChI=1S/C16H24O4/c1-10-8-11-4-6-15(2,20)16(3,13(19)5-7-17)14(11)12(18)9-10/h4,6,8,10,12,14,17-18,20H,5,7,9H2,1-3H3/t10-,12+,14-,15-,16-/m1/s1. The molecule has 2 aliphatic carbocycles. The Balaban J connectivity index is 2.54. The first-order chi connectivity index (χ1) is 9.24. The molecular weight excluding hydrogens is 256 g/mol. The summed E-state index contributed by atoms with van der Waals surface area (Å²) in [7, 11) is 0. The van der Waals surface area contributed by atoms with E-state index in [0.29, 0.717) is 6.42 Å². The lowest BCUT2D eigenvalue weighted by molar-refractivity contribution is -0.152. The number of aliphatic hydroxyl groups excluding tert-OH is 2. The maximum Gasteiger partial charge on any atom is 0.144 e. The van der Waals surface area contributed by atoms with Crippen LogP contribution >= 0.6 is 0 Å². The van der Waals surface area contributed by atoms with E-state index in [9.17, 15) is 15.0 Å². The molecule has 0 fully saturated rings. The summed E-state index contributed by atoms with van der Waals surface area (Å²) in [5.74, 6) is -0.377. The minimum Gasteiger partial charge on any atom is -0.396 e. The second kappa shape index (κ2) is 5.10. The van der Waals surface area contributed by atoms with Gasteiger partial charge in [-0.1, -0.05) is 25.2 Å². The number of aliphatic hydroxyl groups is 3. The average Bonchev–Trinajstić information content (AvgIpc) is 2.33. The average molecular weight is 280 g/mol. The van der Waals surface area contributed by atoms with E-state index < -0.39 is 23.0 Å². The van der Waals surface area contributed by atoms with Crippen LogP contribution in [-0.2, 0) is 4.79 Å². The summed E-state index contributed by atoms with van der Waals surface area (Å²) in [6, 6.07) is 0. The van der Waals surface area contributed by atoms with Crippen molar-refractivity contribution in [3.63, 3.8) is 0 Å². The Kier molecular flexibility index (Phi) is 3.93. The van der Waals surface area contributed by atoms with Crippen molar-refractivity contribution in [2.45, 2.75) is 45.3 Å².